The summed E-state index contributed by atoms with van der Waals surface area (Å²) in [5.41, 5.74) is 3.07. The molecule has 2 aromatic rings. The van der Waals surface area contributed by atoms with Crippen molar-refractivity contribution in [3.8, 4) is 0 Å². The van der Waals surface area contributed by atoms with E-state index < -0.39 is 5.97 Å². The van der Waals surface area contributed by atoms with E-state index in [1.54, 1.807) is 4.68 Å². The smallest absolute Gasteiger partial charge is 0.337 e. The van der Waals surface area contributed by atoms with E-state index in [1.807, 2.05) is 13.1 Å². The number of nitrogens with one attached hydrogen (secondary N) is 1. The van der Waals surface area contributed by atoms with Crippen molar-refractivity contribution >= 4 is 5.97 Å². The topological polar surface area (TPSA) is 56.2 Å². The van der Waals surface area contributed by atoms with Gasteiger partial charge in [0.2, 0.25) is 0 Å². The van der Waals surface area contributed by atoms with Crippen LogP contribution in [-0.4, -0.2) is 35.9 Å². The number of carbonyl (C=O) groups is 1. The highest BCUT2D eigenvalue weighted by molar-refractivity contribution is 5.89. The van der Waals surface area contributed by atoms with Gasteiger partial charge in [-0.15, -0.1) is 0 Å². The lowest BCUT2D eigenvalue weighted by atomic mass is 9.91. The van der Waals surface area contributed by atoms with Gasteiger partial charge in [0, 0.05) is 11.3 Å². The standard InChI is InChI=1S/C18H22FN3O2/c1-12-16(13-5-7-20-8-6-13)10-21-22(12)11-15-9-14(18(23)24-2)3-4-17(15)19/h3-4,9-10,13,20H,5-8,11H2,1-2H3. The van der Waals surface area contributed by atoms with Gasteiger partial charge in [-0.25, -0.2) is 9.18 Å². The Labute approximate surface area is 140 Å². The second-order valence-corrected chi connectivity index (χ2v) is 6.17. The number of methoxy groups -OCH3 is 1. The second-order valence-electron chi connectivity index (χ2n) is 6.17. The molecule has 6 heteroatoms. The Morgan fingerprint density at radius 2 is 2.17 bits per heavy atom. The number of piperidine rings is 1. The molecule has 1 aliphatic heterocycles. The first kappa shape index (κ1) is 16.6. The average Bonchev–Trinajstić information content (AvgIpc) is 2.97. The Hall–Kier alpha value is -2.21. The summed E-state index contributed by atoms with van der Waals surface area (Å²) in [4.78, 5) is 11.6. The predicted molar refractivity (Wildman–Crippen MR) is 88.7 cm³/mol. The molecule has 3 rings (SSSR count). The van der Waals surface area contributed by atoms with Gasteiger partial charge in [0.25, 0.3) is 0 Å². The van der Waals surface area contributed by atoms with E-state index in [0.29, 0.717) is 23.6 Å². The minimum Gasteiger partial charge on any atom is -0.465 e. The van der Waals surface area contributed by atoms with E-state index in [2.05, 4.69) is 10.4 Å². The lowest BCUT2D eigenvalue weighted by Gasteiger charge is -2.22. The van der Waals surface area contributed by atoms with Gasteiger partial charge >= 0.3 is 5.97 Å². The zero-order valence-corrected chi connectivity index (χ0v) is 14.0. The number of aromatic nitrogens is 2. The van der Waals surface area contributed by atoms with Crippen molar-refractivity contribution in [2.24, 2.45) is 0 Å². The van der Waals surface area contributed by atoms with Crippen LogP contribution in [0.1, 0.15) is 45.9 Å². The van der Waals surface area contributed by atoms with Crippen LogP contribution in [0, 0.1) is 12.7 Å². The summed E-state index contributed by atoms with van der Waals surface area (Å²) in [6, 6.07) is 4.27. The largest absolute Gasteiger partial charge is 0.465 e. The maximum absolute atomic E-state index is 14.1. The first-order valence-electron chi connectivity index (χ1n) is 8.20. The number of hydrogen-bond acceptors (Lipinski definition) is 4. The number of carbonyl (C=O) groups excluding carboxylic acids is 1. The zero-order chi connectivity index (χ0) is 17.1. The molecule has 2 heterocycles. The first-order valence-corrected chi connectivity index (χ1v) is 8.20. The Morgan fingerprint density at radius 1 is 1.42 bits per heavy atom. The molecule has 1 N–H and O–H groups in total. The van der Waals surface area contributed by atoms with Crippen molar-refractivity contribution in [3.63, 3.8) is 0 Å². The van der Waals surface area contributed by atoms with Crippen LogP contribution in [0.4, 0.5) is 4.39 Å². The molecule has 1 aromatic heterocycles. The lowest BCUT2D eigenvalue weighted by molar-refractivity contribution is 0.0600. The second kappa shape index (κ2) is 7.13. The summed E-state index contributed by atoms with van der Waals surface area (Å²) >= 11 is 0. The molecule has 0 saturated carbocycles. The highest BCUT2D eigenvalue weighted by Crippen LogP contribution is 2.28. The Morgan fingerprint density at radius 3 is 2.88 bits per heavy atom. The number of benzene rings is 1. The molecule has 1 aliphatic rings. The van der Waals surface area contributed by atoms with E-state index in [9.17, 15) is 9.18 Å². The fraction of sp³-hybridized carbons (Fsp3) is 0.444. The van der Waals surface area contributed by atoms with E-state index in [4.69, 9.17) is 4.74 Å². The summed E-state index contributed by atoms with van der Waals surface area (Å²) in [7, 11) is 1.31. The highest BCUT2D eigenvalue weighted by Gasteiger charge is 2.20. The molecule has 0 aliphatic carbocycles. The molecule has 1 saturated heterocycles. The van der Waals surface area contributed by atoms with E-state index >= 15 is 0 Å². The quantitative estimate of drug-likeness (QED) is 0.875. The van der Waals surface area contributed by atoms with Gasteiger partial charge in [0.15, 0.2) is 0 Å². The maximum Gasteiger partial charge on any atom is 0.337 e. The Kier molecular flexibility index (Phi) is 4.94. The van der Waals surface area contributed by atoms with Crippen LogP contribution in [-0.2, 0) is 11.3 Å². The minimum absolute atomic E-state index is 0.299. The van der Waals surface area contributed by atoms with Gasteiger partial charge in [-0.2, -0.15) is 5.10 Å². The number of rotatable bonds is 4. The number of nitrogens with zero attached hydrogens (tertiary/aromatic N) is 2. The number of halogens is 1. The number of ether oxygens (including phenoxy) is 1. The van der Waals surface area contributed by atoms with Gasteiger partial charge in [0.1, 0.15) is 5.82 Å². The van der Waals surface area contributed by atoms with Crippen molar-refractivity contribution in [3.05, 3.63) is 52.6 Å². The lowest BCUT2D eigenvalue weighted by Crippen LogP contribution is -2.26. The summed E-state index contributed by atoms with van der Waals surface area (Å²) in [6.07, 6.45) is 4.09. The summed E-state index contributed by atoms with van der Waals surface area (Å²) in [5.74, 6) is -0.309. The predicted octanol–water partition coefficient (Wildman–Crippen LogP) is 2.63. The summed E-state index contributed by atoms with van der Waals surface area (Å²) < 4.78 is 20.6. The third kappa shape index (κ3) is 3.33. The molecular formula is C18H22FN3O2. The molecule has 0 radical (unpaired) electrons. The van der Waals surface area contributed by atoms with Crippen LogP contribution >= 0.6 is 0 Å². The first-order chi connectivity index (χ1) is 11.6. The van der Waals surface area contributed by atoms with Crippen LogP contribution in [0.3, 0.4) is 0 Å². The van der Waals surface area contributed by atoms with Crippen molar-refractivity contribution in [1.82, 2.24) is 15.1 Å². The van der Waals surface area contributed by atoms with Gasteiger partial charge in [-0.1, -0.05) is 0 Å². The van der Waals surface area contributed by atoms with E-state index in [0.717, 1.165) is 31.6 Å². The summed E-state index contributed by atoms with van der Waals surface area (Å²) in [6.45, 7) is 4.36. The molecule has 0 atom stereocenters. The SMILES string of the molecule is COC(=O)c1ccc(F)c(Cn2ncc(C3CCNCC3)c2C)c1. The van der Waals surface area contributed by atoms with Gasteiger partial charge < -0.3 is 10.1 Å². The number of esters is 1. The molecule has 128 valence electrons. The van der Waals surface area contributed by atoms with E-state index in [-0.39, 0.29) is 5.82 Å². The zero-order valence-electron chi connectivity index (χ0n) is 14.0. The fourth-order valence-electron chi connectivity index (χ4n) is 3.26. The highest BCUT2D eigenvalue weighted by atomic mass is 19.1. The fourth-order valence-corrected chi connectivity index (χ4v) is 3.26. The van der Waals surface area contributed by atoms with Gasteiger partial charge in [-0.3, -0.25) is 4.68 Å². The van der Waals surface area contributed by atoms with Gasteiger partial charge in [-0.05, 0) is 62.5 Å². The molecule has 0 bridgehead atoms. The van der Waals surface area contributed by atoms with Crippen molar-refractivity contribution in [1.29, 1.82) is 0 Å². The van der Waals surface area contributed by atoms with Crippen molar-refractivity contribution < 1.29 is 13.9 Å². The third-order valence-electron chi connectivity index (χ3n) is 4.71. The molecule has 0 spiro atoms. The van der Waals surface area contributed by atoms with E-state index in [1.165, 1.54) is 30.9 Å². The summed E-state index contributed by atoms with van der Waals surface area (Å²) in [5, 5.41) is 7.80. The Bertz CT molecular complexity index is 736. The van der Waals surface area contributed by atoms with Crippen LogP contribution in [0.2, 0.25) is 0 Å². The third-order valence-corrected chi connectivity index (χ3v) is 4.71. The van der Waals surface area contributed by atoms with Crippen molar-refractivity contribution in [2.45, 2.75) is 32.2 Å². The molecule has 1 aromatic carbocycles. The molecule has 0 amide bonds. The molecular weight excluding hydrogens is 309 g/mol. The molecule has 0 unspecified atom stereocenters. The molecule has 1 fully saturated rings. The maximum atomic E-state index is 14.1. The molecule has 24 heavy (non-hydrogen) atoms. The van der Waals surface area contributed by atoms with Gasteiger partial charge in [0.05, 0.1) is 25.4 Å². The van der Waals surface area contributed by atoms with Crippen LogP contribution in [0.25, 0.3) is 0 Å². The van der Waals surface area contributed by atoms with Crippen LogP contribution in [0.15, 0.2) is 24.4 Å². The van der Waals surface area contributed by atoms with Crippen LogP contribution < -0.4 is 5.32 Å². The molecule has 5 nitrogen and oxygen atoms in total. The number of hydrogen-bond donors (Lipinski definition) is 1. The average molecular weight is 331 g/mol. The normalized spacial score (nSPS) is 15.5. The van der Waals surface area contributed by atoms with Crippen LogP contribution in [0.5, 0.6) is 0 Å². The minimum atomic E-state index is -0.469. The van der Waals surface area contributed by atoms with Crippen molar-refractivity contribution in [2.75, 3.05) is 20.2 Å². The monoisotopic (exact) mass is 331 g/mol. The Balaban J connectivity index is 1.84.